The number of aliphatic hydroxyl groups is 1. The number of fused-ring (bicyclic) bond motifs is 3. The van der Waals surface area contributed by atoms with Crippen LogP contribution in [0.4, 0.5) is 5.69 Å². The number of rotatable bonds is 7. The molecule has 2 unspecified atom stereocenters. The summed E-state index contributed by atoms with van der Waals surface area (Å²) in [6.45, 7) is 6.24. The van der Waals surface area contributed by atoms with Crippen molar-refractivity contribution in [1.29, 1.82) is 0 Å². The summed E-state index contributed by atoms with van der Waals surface area (Å²) < 4.78 is 0. The number of phenols is 1. The number of benzene rings is 2. The van der Waals surface area contributed by atoms with E-state index in [-0.39, 0.29) is 30.7 Å². The number of Topliss-reactive ketones (excluding diaryl/α,β-unsaturated/α-hetero) is 4. The Balaban J connectivity index is 1.55. The van der Waals surface area contributed by atoms with Gasteiger partial charge in [-0.2, -0.15) is 0 Å². The summed E-state index contributed by atoms with van der Waals surface area (Å²) in [5.74, 6) is -11.5. The Morgan fingerprint density at radius 2 is 1.74 bits per heavy atom. The van der Waals surface area contributed by atoms with Crippen molar-refractivity contribution in [2.45, 2.75) is 52.3 Å². The maximum Gasteiger partial charge on any atom is 0.235 e. The molecule has 0 bridgehead atoms. The molecule has 2 aromatic carbocycles. The first-order chi connectivity index (χ1) is 20.2. The summed E-state index contributed by atoms with van der Waals surface area (Å²) in [6, 6.07) is 9.74. The fourth-order valence-electron chi connectivity index (χ4n) is 7.63. The molecule has 10 nitrogen and oxygen atoms in total. The van der Waals surface area contributed by atoms with Crippen LogP contribution >= 0.6 is 0 Å². The molecular weight excluding hydrogens is 550 g/mol. The van der Waals surface area contributed by atoms with Gasteiger partial charge >= 0.3 is 0 Å². The summed E-state index contributed by atoms with van der Waals surface area (Å²) in [6.07, 6.45) is 0.283. The molecule has 3 aliphatic rings. The number of anilines is 1. The standard InChI is InChI=1S/C33H39N3O7/c1-15(2)23-21-11-18-10-20-22(36(4)5)12-19(14-35-13-17-9-7-6-8-16(17)3)27(37)25(20)29(39)24(18)30(40)33(21,43)31(41)26(28(23)38)32(34)42/h6-9,12,15,18,21,23-24,26,35,37,43H,10-11,13-14H2,1-5H3,(H2,34,42)/t18-,21-,23-,24?,26?,33-/m0/s1. The number of nitrogens with two attached hydrogens (primary N) is 1. The highest BCUT2D eigenvalue weighted by Gasteiger charge is 2.69. The van der Waals surface area contributed by atoms with Crippen molar-refractivity contribution in [3.8, 4) is 5.75 Å². The molecule has 2 aromatic rings. The number of carbonyl (C=O) groups is 5. The molecule has 5 rings (SSSR count). The number of primary amides is 1. The van der Waals surface area contributed by atoms with Gasteiger partial charge in [-0.25, -0.2) is 0 Å². The average molecular weight is 590 g/mol. The lowest BCUT2D eigenvalue weighted by Crippen LogP contribution is -2.71. The van der Waals surface area contributed by atoms with Gasteiger partial charge in [-0.3, -0.25) is 24.0 Å². The molecule has 0 heterocycles. The number of nitrogens with zero attached hydrogens (tertiary/aromatic N) is 1. The predicted molar refractivity (Wildman–Crippen MR) is 158 cm³/mol. The summed E-state index contributed by atoms with van der Waals surface area (Å²) in [7, 11) is 3.66. The first-order valence-electron chi connectivity index (χ1n) is 14.7. The van der Waals surface area contributed by atoms with Crippen LogP contribution in [0.5, 0.6) is 5.75 Å². The minimum absolute atomic E-state index is 0.00161. The third-order valence-corrected chi connectivity index (χ3v) is 9.74. The van der Waals surface area contributed by atoms with Gasteiger partial charge in [0.1, 0.15) is 5.75 Å². The van der Waals surface area contributed by atoms with Gasteiger partial charge in [-0.1, -0.05) is 38.1 Å². The molecule has 0 saturated heterocycles. The van der Waals surface area contributed by atoms with Crippen LogP contribution < -0.4 is 16.0 Å². The smallest absolute Gasteiger partial charge is 0.235 e. The fraction of sp³-hybridized carbons (Fsp3) is 0.485. The van der Waals surface area contributed by atoms with Gasteiger partial charge in [0.25, 0.3) is 0 Å². The number of aromatic hydroxyl groups is 1. The molecule has 6 atom stereocenters. The van der Waals surface area contributed by atoms with E-state index in [0.29, 0.717) is 23.4 Å². The number of aryl methyl sites for hydroxylation is 1. The van der Waals surface area contributed by atoms with Crippen molar-refractivity contribution in [3.05, 3.63) is 58.1 Å². The Hall–Kier alpha value is -3.89. The Labute approximate surface area is 250 Å². The minimum atomic E-state index is -2.70. The van der Waals surface area contributed by atoms with Crippen molar-refractivity contribution in [2.75, 3.05) is 19.0 Å². The lowest BCUT2D eigenvalue weighted by Gasteiger charge is -2.52. The Morgan fingerprint density at radius 1 is 1.09 bits per heavy atom. The maximum atomic E-state index is 14.2. The highest BCUT2D eigenvalue weighted by molar-refractivity contribution is 6.32. The van der Waals surface area contributed by atoms with Crippen LogP contribution in [-0.4, -0.2) is 58.9 Å². The van der Waals surface area contributed by atoms with Crippen LogP contribution in [0.25, 0.3) is 0 Å². The van der Waals surface area contributed by atoms with Gasteiger partial charge in [0.05, 0.1) is 11.5 Å². The molecule has 0 aromatic heterocycles. The molecule has 228 valence electrons. The van der Waals surface area contributed by atoms with Crippen LogP contribution in [-0.2, 0) is 38.7 Å². The molecule has 43 heavy (non-hydrogen) atoms. The first-order valence-corrected chi connectivity index (χ1v) is 14.7. The second kappa shape index (κ2) is 11.0. The van der Waals surface area contributed by atoms with E-state index in [0.717, 1.165) is 11.1 Å². The molecule has 0 spiro atoms. The lowest BCUT2D eigenvalue weighted by atomic mass is 9.49. The van der Waals surface area contributed by atoms with E-state index in [1.807, 2.05) is 56.3 Å². The monoisotopic (exact) mass is 589 g/mol. The zero-order valence-corrected chi connectivity index (χ0v) is 25.1. The Kier molecular flexibility index (Phi) is 7.81. The van der Waals surface area contributed by atoms with Crippen LogP contribution in [0.15, 0.2) is 30.3 Å². The largest absolute Gasteiger partial charge is 0.507 e. The van der Waals surface area contributed by atoms with Gasteiger partial charge in [0.15, 0.2) is 34.7 Å². The molecular formula is C33H39N3O7. The SMILES string of the molecule is Cc1ccccc1CNCc1cc(N(C)C)c2c(c1O)C(=O)C1C(=O)[C@]3(O)C(=O)C(C(N)=O)C(=O)[C@@H](C(C)C)[C@@H]3C[C@@H]1C2. The Morgan fingerprint density at radius 3 is 2.35 bits per heavy atom. The maximum absolute atomic E-state index is 14.2. The Bertz CT molecular complexity index is 1550. The quantitative estimate of drug-likeness (QED) is 0.353. The first kappa shape index (κ1) is 30.6. The fourth-order valence-corrected chi connectivity index (χ4v) is 7.63. The third-order valence-electron chi connectivity index (χ3n) is 9.74. The van der Waals surface area contributed by atoms with Crippen molar-refractivity contribution in [3.63, 3.8) is 0 Å². The van der Waals surface area contributed by atoms with Gasteiger partial charge in [0.2, 0.25) is 5.91 Å². The van der Waals surface area contributed by atoms with E-state index >= 15 is 0 Å². The molecule has 0 aliphatic heterocycles. The lowest BCUT2D eigenvalue weighted by molar-refractivity contribution is -0.182. The highest BCUT2D eigenvalue weighted by atomic mass is 16.3. The number of nitrogens with one attached hydrogen (secondary N) is 1. The number of ketones is 4. The molecule has 1 amide bonds. The highest BCUT2D eigenvalue weighted by Crippen LogP contribution is 2.54. The molecule has 2 fully saturated rings. The number of carbonyl (C=O) groups excluding carboxylic acids is 5. The normalized spacial score (nSPS) is 28.4. The van der Waals surface area contributed by atoms with Gasteiger partial charge in [-0.05, 0) is 54.4 Å². The number of hydrogen-bond donors (Lipinski definition) is 4. The summed E-state index contributed by atoms with van der Waals surface area (Å²) >= 11 is 0. The molecule has 2 saturated carbocycles. The summed E-state index contributed by atoms with van der Waals surface area (Å²) in [5, 5.41) is 26.6. The topological polar surface area (TPSA) is 167 Å². The van der Waals surface area contributed by atoms with Crippen LogP contribution in [0, 0.1) is 42.4 Å². The number of amides is 1. The summed E-state index contributed by atoms with van der Waals surface area (Å²) in [4.78, 5) is 69.1. The van der Waals surface area contributed by atoms with Crippen LogP contribution in [0.1, 0.15) is 52.9 Å². The van der Waals surface area contributed by atoms with E-state index in [2.05, 4.69) is 5.32 Å². The number of phenolic OH excluding ortho intramolecular Hbond substituents is 1. The predicted octanol–water partition coefficient (Wildman–Crippen LogP) is 1.87. The van der Waals surface area contributed by atoms with Gasteiger partial charge in [0, 0.05) is 50.3 Å². The minimum Gasteiger partial charge on any atom is -0.507 e. The van der Waals surface area contributed by atoms with E-state index in [1.165, 1.54) is 0 Å². The third kappa shape index (κ3) is 4.67. The second-order valence-corrected chi connectivity index (χ2v) is 12.8. The van der Waals surface area contributed by atoms with E-state index in [1.54, 1.807) is 13.8 Å². The second-order valence-electron chi connectivity index (χ2n) is 12.8. The zero-order chi connectivity index (χ0) is 31.5. The molecule has 3 aliphatic carbocycles. The van der Waals surface area contributed by atoms with Crippen molar-refractivity contribution < 1.29 is 34.2 Å². The van der Waals surface area contributed by atoms with Crippen molar-refractivity contribution in [1.82, 2.24) is 5.32 Å². The molecule has 0 radical (unpaired) electrons. The molecule has 5 N–H and O–H groups in total. The number of hydrogen-bond acceptors (Lipinski definition) is 9. The van der Waals surface area contributed by atoms with E-state index in [4.69, 9.17) is 5.73 Å². The van der Waals surface area contributed by atoms with Crippen LogP contribution in [0.3, 0.4) is 0 Å². The van der Waals surface area contributed by atoms with Crippen molar-refractivity contribution in [2.24, 2.45) is 41.2 Å². The average Bonchev–Trinajstić information content (AvgIpc) is 2.92. The van der Waals surface area contributed by atoms with E-state index < -0.39 is 70.1 Å². The van der Waals surface area contributed by atoms with Crippen molar-refractivity contribution >= 4 is 34.7 Å². The molecule has 10 heteroatoms. The van der Waals surface area contributed by atoms with Gasteiger partial charge < -0.3 is 26.2 Å². The van der Waals surface area contributed by atoms with Gasteiger partial charge in [-0.15, -0.1) is 0 Å². The zero-order valence-electron chi connectivity index (χ0n) is 25.1. The summed E-state index contributed by atoms with van der Waals surface area (Å²) in [5.41, 5.74) is 6.68. The van der Waals surface area contributed by atoms with Crippen LogP contribution in [0.2, 0.25) is 0 Å². The van der Waals surface area contributed by atoms with E-state index in [9.17, 15) is 34.2 Å².